The third kappa shape index (κ3) is 8.04. The van der Waals surface area contributed by atoms with Gasteiger partial charge in [-0.05, 0) is 89.7 Å². The molecule has 2 aliphatic rings. The van der Waals surface area contributed by atoms with E-state index in [2.05, 4.69) is 86.0 Å². The first-order valence-electron chi connectivity index (χ1n) is 13.6. The predicted octanol–water partition coefficient (Wildman–Crippen LogP) is 5.56. The summed E-state index contributed by atoms with van der Waals surface area (Å²) in [6.45, 7) is 15.0. The average molecular weight is 481 g/mol. The second kappa shape index (κ2) is 12.9. The van der Waals surface area contributed by atoms with E-state index < -0.39 is 0 Å². The summed E-state index contributed by atoms with van der Waals surface area (Å²) in [7, 11) is 0. The molecule has 4 atom stereocenters. The van der Waals surface area contributed by atoms with Crippen LogP contribution in [0, 0.1) is 0 Å². The lowest BCUT2D eigenvalue weighted by molar-refractivity contribution is -0.0682. The van der Waals surface area contributed by atoms with Gasteiger partial charge in [-0.15, -0.1) is 0 Å². The van der Waals surface area contributed by atoms with Gasteiger partial charge in [-0.1, -0.05) is 36.4 Å². The van der Waals surface area contributed by atoms with Gasteiger partial charge in [0.25, 0.3) is 0 Å². The fourth-order valence-corrected chi connectivity index (χ4v) is 5.66. The van der Waals surface area contributed by atoms with Crippen molar-refractivity contribution >= 4 is 0 Å². The second-order valence-corrected chi connectivity index (χ2v) is 10.6. The number of hydrogen-bond acceptors (Lipinski definition) is 5. The van der Waals surface area contributed by atoms with Gasteiger partial charge in [-0.3, -0.25) is 9.80 Å². The Bertz CT molecular complexity index is 826. The minimum atomic E-state index is 0.320. The van der Waals surface area contributed by atoms with Gasteiger partial charge in [-0.2, -0.15) is 0 Å². The van der Waals surface area contributed by atoms with Crippen LogP contribution in [0.2, 0.25) is 0 Å². The molecule has 0 radical (unpaired) electrons. The average Bonchev–Trinajstić information content (AvgIpc) is 2.80. The van der Waals surface area contributed by atoms with Crippen LogP contribution in [0.1, 0.15) is 51.7 Å². The molecule has 2 fully saturated rings. The Hall–Kier alpha value is -1.92. The molecule has 35 heavy (non-hydrogen) atoms. The van der Waals surface area contributed by atoms with E-state index in [4.69, 9.17) is 14.2 Å². The summed E-state index contributed by atoms with van der Waals surface area (Å²) in [5.41, 5.74) is 2.57. The summed E-state index contributed by atoms with van der Waals surface area (Å²) < 4.78 is 18.3. The molecule has 0 aromatic heterocycles. The Kier molecular flexibility index (Phi) is 9.61. The molecule has 2 aromatic carbocycles. The molecular formula is C30H44N2O3. The molecule has 2 aromatic rings. The zero-order valence-electron chi connectivity index (χ0n) is 22.1. The van der Waals surface area contributed by atoms with Gasteiger partial charge < -0.3 is 14.2 Å². The molecule has 0 aliphatic carbocycles. The Morgan fingerprint density at radius 1 is 0.629 bits per heavy atom. The monoisotopic (exact) mass is 480 g/mol. The molecule has 0 bridgehead atoms. The van der Waals surface area contributed by atoms with Gasteiger partial charge in [0.05, 0.1) is 24.4 Å². The Morgan fingerprint density at radius 2 is 1.00 bits per heavy atom. The molecule has 0 N–H and O–H groups in total. The van der Waals surface area contributed by atoms with Crippen molar-refractivity contribution in [3.05, 3.63) is 59.7 Å². The zero-order valence-corrected chi connectivity index (χ0v) is 22.1. The Labute approximate surface area is 212 Å². The predicted molar refractivity (Wildman–Crippen MR) is 142 cm³/mol. The highest BCUT2D eigenvalue weighted by molar-refractivity contribution is 5.41. The van der Waals surface area contributed by atoms with Crippen LogP contribution in [0.15, 0.2) is 48.5 Å². The van der Waals surface area contributed by atoms with Crippen molar-refractivity contribution in [1.82, 2.24) is 9.80 Å². The number of hydrogen-bond donors (Lipinski definition) is 0. The van der Waals surface area contributed by atoms with Gasteiger partial charge in [0.15, 0.2) is 0 Å². The molecule has 4 rings (SSSR count). The van der Waals surface area contributed by atoms with Crippen molar-refractivity contribution < 1.29 is 14.2 Å². The molecule has 0 spiro atoms. The van der Waals surface area contributed by atoms with Crippen molar-refractivity contribution in [3.8, 4) is 11.5 Å². The molecule has 0 saturated carbocycles. The molecule has 4 unspecified atom stereocenters. The minimum Gasteiger partial charge on any atom is -0.457 e. The first-order valence-corrected chi connectivity index (χ1v) is 13.6. The van der Waals surface area contributed by atoms with Crippen LogP contribution in [-0.4, -0.2) is 73.5 Å². The van der Waals surface area contributed by atoms with E-state index >= 15 is 0 Å². The second-order valence-electron chi connectivity index (χ2n) is 10.6. The maximum atomic E-state index is 6.53. The quantitative estimate of drug-likeness (QED) is 0.445. The van der Waals surface area contributed by atoms with Crippen molar-refractivity contribution in [3.63, 3.8) is 0 Å². The van der Waals surface area contributed by atoms with Gasteiger partial charge in [0.1, 0.15) is 11.5 Å². The van der Waals surface area contributed by atoms with Gasteiger partial charge in [0, 0.05) is 26.2 Å². The summed E-state index contributed by atoms with van der Waals surface area (Å²) in [5, 5.41) is 0. The van der Waals surface area contributed by atoms with Crippen LogP contribution in [0.25, 0.3) is 0 Å². The van der Waals surface area contributed by atoms with Crippen molar-refractivity contribution in [2.24, 2.45) is 0 Å². The maximum absolute atomic E-state index is 6.53. The van der Waals surface area contributed by atoms with Crippen LogP contribution in [-0.2, 0) is 22.3 Å². The van der Waals surface area contributed by atoms with Gasteiger partial charge >= 0.3 is 0 Å². The molecule has 192 valence electrons. The summed E-state index contributed by atoms with van der Waals surface area (Å²) in [5.74, 6) is 1.97. The number of aryl methyl sites for hydroxylation is 2. The van der Waals surface area contributed by atoms with Crippen LogP contribution in [0.4, 0.5) is 0 Å². The Morgan fingerprint density at radius 3 is 1.40 bits per heavy atom. The largest absolute Gasteiger partial charge is 0.457 e. The Balaban J connectivity index is 1.31. The van der Waals surface area contributed by atoms with Crippen LogP contribution < -0.4 is 4.74 Å². The molecular weight excluding hydrogens is 436 g/mol. The third-order valence-electron chi connectivity index (χ3n) is 7.00. The lowest BCUT2D eigenvalue weighted by Crippen LogP contribution is -2.45. The molecule has 5 heteroatoms. The lowest BCUT2D eigenvalue weighted by atomic mass is 10.1. The number of benzene rings is 2. The van der Waals surface area contributed by atoms with E-state index in [1.54, 1.807) is 0 Å². The number of ether oxygens (including phenoxy) is 3. The molecule has 0 amide bonds. The van der Waals surface area contributed by atoms with E-state index in [1.807, 2.05) is 0 Å². The van der Waals surface area contributed by atoms with Crippen LogP contribution >= 0.6 is 0 Å². The number of rotatable bonds is 10. The van der Waals surface area contributed by atoms with E-state index in [0.717, 1.165) is 76.5 Å². The zero-order chi connectivity index (χ0) is 24.6. The number of para-hydroxylation sites is 2. The third-order valence-corrected chi connectivity index (χ3v) is 7.00. The van der Waals surface area contributed by atoms with Crippen LogP contribution in [0.5, 0.6) is 11.5 Å². The normalized spacial score (nSPS) is 26.1. The van der Waals surface area contributed by atoms with Crippen molar-refractivity contribution in [1.29, 1.82) is 0 Å². The topological polar surface area (TPSA) is 34.2 Å². The van der Waals surface area contributed by atoms with Gasteiger partial charge in [0.2, 0.25) is 0 Å². The lowest BCUT2D eigenvalue weighted by Gasteiger charge is -2.35. The first-order chi connectivity index (χ1) is 17.0. The fourth-order valence-electron chi connectivity index (χ4n) is 5.66. The molecule has 5 nitrogen and oxygen atoms in total. The summed E-state index contributed by atoms with van der Waals surface area (Å²) in [4.78, 5) is 5.07. The highest BCUT2D eigenvalue weighted by atomic mass is 16.5. The maximum Gasteiger partial charge on any atom is 0.130 e. The molecule has 2 aliphatic heterocycles. The molecule has 2 heterocycles. The number of nitrogens with zero attached hydrogens (tertiary/aromatic N) is 2. The van der Waals surface area contributed by atoms with E-state index in [0.29, 0.717) is 24.4 Å². The first kappa shape index (κ1) is 26.2. The smallest absolute Gasteiger partial charge is 0.130 e. The summed E-state index contributed by atoms with van der Waals surface area (Å²) in [6.07, 6.45) is 5.57. The highest BCUT2D eigenvalue weighted by Crippen LogP contribution is 2.30. The fraction of sp³-hybridized carbons (Fsp3) is 0.600. The van der Waals surface area contributed by atoms with E-state index in [1.165, 1.54) is 11.1 Å². The summed E-state index contributed by atoms with van der Waals surface area (Å²) >= 11 is 0. The SMILES string of the molecule is CC1CN(CCCc2ccccc2Oc2ccccc2CCCN2CC(C)OC(C)C2)CC(C)O1. The van der Waals surface area contributed by atoms with E-state index in [-0.39, 0.29) is 0 Å². The van der Waals surface area contributed by atoms with E-state index in [9.17, 15) is 0 Å². The highest BCUT2D eigenvalue weighted by Gasteiger charge is 2.22. The summed E-state index contributed by atoms with van der Waals surface area (Å²) in [6, 6.07) is 17.0. The van der Waals surface area contributed by atoms with Crippen molar-refractivity contribution in [2.75, 3.05) is 39.3 Å². The molecule has 2 saturated heterocycles. The van der Waals surface area contributed by atoms with Crippen molar-refractivity contribution in [2.45, 2.75) is 77.8 Å². The van der Waals surface area contributed by atoms with Gasteiger partial charge in [-0.25, -0.2) is 0 Å². The number of morpholine rings is 2. The minimum absolute atomic E-state index is 0.320. The standard InChI is InChI=1S/C30H44N2O3/c1-23-19-31(20-24(2)33-23)17-9-13-27-11-5-7-15-29(27)35-30-16-8-6-12-28(30)14-10-18-32-21-25(3)34-26(4)22-32/h5-8,11-12,15-16,23-26H,9-10,13-14,17-22H2,1-4H3. The van der Waals surface area contributed by atoms with Crippen LogP contribution in [0.3, 0.4) is 0 Å².